The van der Waals surface area contributed by atoms with Gasteiger partial charge in [-0.05, 0) is 55.8 Å². The molecule has 0 unspecified atom stereocenters. The maximum atomic E-state index is 12.1. The van der Waals surface area contributed by atoms with E-state index < -0.39 is 0 Å². The molecular weight excluding hydrogens is 222 g/mol. The summed E-state index contributed by atoms with van der Waals surface area (Å²) in [5, 5.41) is 0. The fourth-order valence-electron chi connectivity index (χ4n) is 2.03. The Kier molecular flexibility index (Phi) is 5.09. The van der Waals surface area contributed by atoms with E-state index in [4.69, 9.17) is 5.73 Å². The molecule has 1 aromatic rings. The topological polar surface area (TPSA) is 43.1 Å². The van der Waals surface area contributed by atoms with E-state index in [0.717, 1.165) is 18.4 Å². The molecule has 0 bridgehead atoms. The van der Waals surface area contributed by atoms with Gasteiger partial charge in [-0.3, -0.25) is 4.79 Å². The molecule has 18 heavy (non-hydrogen) atoms. The average molecular weight is 247 g/mol. The van der Waals surface area contributed by atoms with Gasteiger partial charge in [-0.2, -0.15) is 0 Å². The van der Waals surface area contributed by atoms with Crippen molar-refractivity contribution in [2.45, 2.75) is 47.0 Å². The van der Waals surface area contributed by atoms with E-state index in [-0.39, 0.29) is 11.2 Å². The summed E-state index contributed by atoms with van der Waals surface area (Å²) in [5.74, 6) is 0.239. The molecule has 0 saturated heterocycles. The molecule has 0 aliphatic heterocycles. The number of carbonyl (C=O) groups is 1. The molecule has 0 aromatic heterocycles. The molecule has 0 heterocycles. The van der Waals surface area contributed by atoms with Gasteiger partial charge in [0.25, 0.3) is 0 Å². The molecule has 0 radical (unpaired) electrons. The Morgan fingerprint density at radius 3 is 2.39 bits per heavy atom. The highest BCUT2D eigenvalue weighted by atomic mass is 16.1. The maximum Gasteiger partial charge on any atom is 0.162 e. The van der Waals surface area contributed by atoms with Crippen LogP contribution in [0.5, 0.6) is 0 Å². The minimum absolute atomic E-state index is 0.157. The van der Waals surface area contributed by atoms with E-state index in [0.29, 0.717) is 13.0 Å². The standard InChI is InChI=1S/C16H25NO/c1-12-5-6-14(11-13(12)2)15(18)7-8-16(3,4)9-10-17/h5-6,11H,7-10,17H2,1-4H3. The number of Topliss-reactive ketones (excluding diaryl/α,β-unsaturated/α-hetero) is 1. The van der Waals surface area contributed by atoms with Gasteiger partial charge in [0.2, 0.25) is 0 Å². The van der Waals surface area contributed by atoms with Crippen LogP contribution in [0, 0.1) is 19.3 Å². The van der Waals surface area contributed by atoms with E-state index in [1.807, 2.05) is 25.1 Å². The summed E-state index contributed by atoms with van der Waals surface area (Å²) in [4.78, 5) is 12.1. The first-order valence-corrected chi connectivity index (χ1v) is 6.66. The van der Waals surface area contributed by atoms with Crippen molar-refractivity contribution in [3.8, 4) is 0 Å². The summed E-state index contributed by atoms with van der Waals surface area (Å²) in [5.41, 5.74) is 8.99. The zero-order valence-electron chi connectivity index (χ0n) is 12.0. The second-order valence-electron chi connectivity index (χ2n) is 5.93. The van der Waals surface area contributed by atoms with Crippen LogP contribution in [0.4, 0.5) is 0 Å². The number of hydrogen-bond donors (Lipinski definition) is 1. The van der Waals surface area contributed by atoms with Crippen LogP contribution < -0.4 is 5.73 Å². The highest BCUT2D eigenvalue weighted by Crippen LogP contribution is 2.27. The highest BCUT2D eigenvalue weighted by molar-refractivity contribution is 5.96. The summed E-state index contributed by atoms with van der Waals surface area (Å²) in [6.07, 6.45) is 2.47. The predicted molar refractivity (Wildman–Crippen MR) is 76.9 cm³/mol. The average Bonchev–Trinajstić information content (AvgIpc) is 2.30. The summed E-state index contributed by atoms with van der Waals surface area (Å²) >= 11 is 0. The highest BCUT2D eigenvalue weighted by Gasteiger charge is 2.18. The Labute approximate surface area is 111 Å². The molecule has 0 aliphatic rings. The predicted octanol–water partition coefficient (Wildman–Crippen LogP) is 3.64. The van der Waals surface area contributed by atoms with Crippen molar-refractivity contribution in [3.05, 3.63) is 34.9 Å². The summed E-state index contributed by atoms with van der Waals surface area (Å²) in [6.45, 7) is 9.14. The van der Waals surface area contributed by atoms with Gasteiger partial charge in [-0.25, -0.2) is 0 Å². The van der Waals surface area contributed by atoms with Crippen molar-refractivity contribution in [2.24, 2.45) is 11.1 Å². The fraction of sp³-hybridized carbons (Fsp3) is 0.562. The van der Waals surface area contributed by atoms with Gasteiger partial charge < -0.3 is 5.73 Å². The maximum absolute atomic E-state index is 12.1. The Bertz CT molecular complexity index is 421. The lowest BCUT2D eigenvalue weighted by Crippen LogP contribution is -2.18. The first kappa shape index (κ1) is 14.9. The number of nitrogens with two attached hydrogens (primary N) is 1. The molecule has 100 valence electrons. The SMILES string of the molecule is Cc1ccc(C(=O)CCC(C)(C)CCN)cc1C. The fourth-order valence-corrected chi connectivity index (χ4v) is 2.03. The van der Waals surface area contributed by atoms with E-state index >= 15 is 0 Å². The van der Waals surface area contributed by atoms with Crippen molar-refractivity contribution in [2.75, 3.05) is 6.54 Å². The summed E-state index contributed by atoms with van der Waals surface area (Å²) in [6, 6.07) is 5.95. The minimum atomic E-state index is 0.157. The van der Waals surface area contributed by atoms with Crippen molar-refractivity contribution in [3.63, 3.8) is 0 Å². The normalized spacial score (nSPS) is 11.6. The lowest BCUT2D eigenvalue weighted by molar-refractivity contribution is 0.0961. The molecule has 1 rings (SSSR count). The van der Waals surface area contributed by atoms with Crippen LogP contribution in [0.1, 0.15) is 54.6 Å². The second kappa shape index (κ2) is 6.14. The van der Waals surface area contributed by atoms with Gasteiger partial charge in [0.05, 0.1) is 0 Å². The molecular formula is C16H25NO. The second-order valence-corrected chi connectivity index (χ2v) is 5.93. The van der Waals surface area contributed by atoms with Crippen LogP contribution in [0.2, 0.25) is 0 Å². The Balaban J connectivity index is 2.63. The number of rotatable bonds is 6. The Hall–Kier alpha value is -1.15. The molecule has 0 atom stereocenters. The minimum Gasteiger partial charge on any atom is -0.330 e. The third-order valence-electron chi connectivity index (χ3n) is 3.68. The van der Waals surface area contributed by atoms with Crippen molar-refractivity contribution in [1.82, 2.24) is 0 Å². The summed E-state index contributed by atoms with van der Waals surface area (Å²) in [7, 11) is 0. The number of aryl methyl sites for hydroxylation is 2. The molecule has 2 heteroatoms. The Morgan fingerprint density at radius 2 is 1.83 bits per heavy atom. The third-order valence-corrected chi connectivity index (χ3v) is 3.68. The quantitative estimate of drug-likeness (QED) is 0.780. The van der Waals surface area contributed by atoms with Gasteiger partial charge >= 0.3 is 0 Å². The van der Waals surface area contributed by atoms with E-state index in [1.165, 1.54) is 11.1 Å². The number of carbonyl (C=O) groups excluding carboxylic acids is 1. The molecule has 0 aliphatic carbocycles. The Morgan fingerprint density at radius 1 is 1.17 bits per heavy atom. The molecule has 0 saturated carbocycles. The lowest BCUT2D eigenvalue weighted by atomic mass is 9.83. The van der Waals surface area contributed by atoms with Crippen LogP contribution in [0.3, 0.4) is 0 Å². The number of ketones is 1. The van der Waals surface area contributed by atoms with Crippen LogP contribution in [0.15, 0.2) is 18.2 Å². The smallest absolute Gasteiger partial charge is 0.162 e. The first-order chi connectivity index (χ1) is 8.35. The zero-order valence-corrected chi connectivity index (χ0v) is 12.0. The van der Waals surface area contributed by atoms with Crippen molar-refractivity contribution in [1.29, 1.82) is 0 Å². The van der Waals surface area contributed by atoms with Crippen LogP contribution in [-0.2, 0) is 0 Å². The van der Waals surface area contributed by atoms with Crippen LogP contribution in [0.25, 0.3) is 0 Å². The molecule has 0 fully saturated rings. The van der Waals surface area contributed by atoms with Crippen LogP contribution >= 0.6 is 0 Å². The number of hydrogen-bond acceptors (Lipinski definition) is 2. The van der Waals surface area contributed by atoms with Crippen molar-refractivity contribution >= 4 is 5.78 Å². The molecule has 0 amide bonds. The van der Waals surface area contributed by atoms with Crippen LogP contribution in [-0.4, -0.2) is 12.3 Å². The zero-order chi connectivity index (χ0) is 13.8. The molecule has 2 N–H and O–H groups in total. The van der Waals surface area contributed by atoms with Crippen molar-refractivity contribution < 1.29 is 4.79 Å². The third kappa shape index (κ3) is 4.26. The van der Waals surface area contributed by atoms with Gasteiger partial charge in [0, 0.05) is 12.0 Å². The lowest BCUT2D eigenvalue weighted by Gasteiger charge is -2.23. The van der Waals surface area contributed by atoms with E-state index in [9.17, 15) is 4.79 Å². The van der Waals surface area contributed by atoms with E-state index in [2.05, 4.69) is 20.8 Å². The van der Waals surface area contributed by atoms with Gasteiger partial charge in [-0.15, -0.1) is 0 Å². The monoisotopic (exact) mass is 247 g/mol. The molecule has 2 nitrogen and oxygen atoms in total. The number of benzene rings is 1. The van der Waals surface area contributed by atoms with E-state index in [1.54, 1.807) is 0 Å². The largest absolute Gasteiger partial charge is 0.330 e. The van der Waals surface area contributed by atoms with Gasteiger partial charge in [-0.1, -0.05) is 26.0 Å². The first-order valence-electron chi connectivity index (χ1n) is 6.66. The van der Waals surface area contributed by atoms with Gasteiger partial charge in [0.15, 0.2) is 5.78 Å². The van der Waals surface area contributed by atoms with Gasteiger partial charge in [0.1, 0.15) is 0 Å². The molecule has 0 spiro atoms. The molecule has 1 aromatic carbocycles. The summed E-state index contributed by atoms with van der Waals surface area (Å²) < 4.78 is 0.